The van der Waals surface area contributed by atoms with Gasteiger partial charge < -0.3 is 15.4 Å². The van der Waals surface area contributed by atoms with Gasteiger partial charge in [0.25, 0.3) is 0 Å². The molecule has 1 aliphatic rings. The molecular formula is C11H22N2O2. The zero-order chi connectivity index (χ0) is 11.1. The first-order chi connectivity index (χ1) is 7.22. The number of hydrogen-bond donors (Lipinski definition) is 2. The highest BCUT2D eigenvalue weighted by Crippen LogP contribution is 2.43. The first-order valence-electron chi connectivity index (χ1n) is 5.63. The lowest BCUT2D eigenvalue weighted by atomic mass is 9.67. The maximum Gasteiger partial charge on any atom is 0.233 e. The van der Waals surface area contributed by atoms with Crippen molar-refractivity contribution in [3.63, 3.8) is 0 Å². The molecule has 1 amide bonds. The molecule has 0 atom stereocenters. The van der Waals surface area contributed by atoms with Crippen molar-refractivity contribution >= 4 is 5.91 Å². The summed E-state index contributed by atoms with van der Waals surface area (Å²) >= 11 is 0. The fourth-order valence-electron chi connectivity index (χ4n) is 2.02. The average molecular weight is 214 g/mol. The van der Waals surface area contributed by atoms with E-state index in [9.17, 15) is 4.79 Å². The van der Waals surface area contributed by atoms with Gasteiger partial charge in [-0.25, -0.2) is 0 Å². The third-order valence-corrected chi connectivity index (χ3v) is 3.25. The molecule has 0 bridgehead atoms. The Labute approximate surface area is 91.8 Å². The molecule has 0 spiro atoms. The minimum Gasteiger partial charge on any atom is -0.385 e. The summed E-state index contributed by atoms with van der Waals surface area (Å²) in [4.78, 5) is 11.3. The van der Waals surface area contributed by atoms with E-state index in [0.29, 0.717) is 12.0 Å². The van der Waals surface area contributed by atoms with Gasteiger partial charge in [0.1, 0.15) is 0 Å². The smallest absolute Gasteiger partial charge is 0.233 e. The Kier molecular flexibility index (Phi) is 5.05. The molecule has 2 N–H and O–H groups in total. The molecule has 0 heterocycles. The highest BCUT2D eigenvalue weighted by Gasteiger charge is 2.36. The Morgan fingerprint density at radius 1 is 1.47 bits per heavy atom. The lowest BCUT2D eigenvalue weighted by Crippen LogP contribution is -2.44. The first-order valence-corrected chi connectivity index (χ1v) is 5.63. The van der Waals surface area contributed by atoms with Crippen LogP contribution >= 0.6 is 0 Å². The van der Waals surface area contributed by atoms with Gasteiger partial charge in [0.2, 0.25) is 5.91 Å². The van der Waals surface area contributed by atoms with E-state index in [0.717, 1.165) is 19.6 Å². The summed E-state index contributed by atoms with van der Waals surface area (Å²) in [5.74, 6) is 0.0844. The fraction of sp³-hybridized carbons (Fsp3) is 0.909. The lowest BCUT2D eigenvalue weighted by Gasteiger charge is -2.42. The van der Waals surface area contributed by atoms with E-state index in [1.54, 1.807) is 14.2 Å². The number of carbonyl (C=O) groups is 1. The molecular weight excluding hydrogens is 192 g/mol. The number of rotatable bonds is 7. The molecule has 0 aromatic heterocycles. The van der Waals surface area contributed by atoms with Crippen molar-refractivity contribution in [2.45, 2.75) is 25.7 Å². The molecule has 0 saturated heterocycles. The predicted octanol–water partition coefficient (Wildman–Crippen LogP) is 0.529. The van der Waals surface area contributed by atoms with E-state index in [1.165, 1.54) is 19.3 Å². The predicted molar refractivity (Wildman–Crippen MR) is 59.7 cm³/mol. The summed E-state index contributed by atoms with van der Waals surface area (Å²) in [6.07, 6.45) is 4.78. The molecule has 1 fully saturated rings. The highest BCUT2D eigenvalue weighted by atomic mass is 16.5. The van der Waals surface area contributed by atoms with Gasteiger partial charge in [-0.3, -0.25) is 4.79 Å². The van der Waals surface area contributed by atoms with Crippen LogP contribution in [0.3, 0.4) is 0 Å². The van der Waals surface area contributed by atoms with Gasteiger partial charge in [-0.15, -0.1) is 0 Å². The van der Waals surface area contributed by atoms with Crippen molar-refractivity contribution in [3.8, 4) is 0 Å². The molecule has 0 aromatic carbocycles. The van der Waals surface area contributed by atoms with Crippen LogP contribution < -0.4 is 10.6 Å². The highest BCUT2D eigenvalue weighted by molar-refractivity contribution is 5.77. The third-order valence-electron chi connectivity index (χ3n) is 3.25. The maximum absolute atomic E-state index is 11.3. The van der Waals surface area contributed by atoms with Crippen LogP contribution in [0.15, 0.2) is 0 Å². The molecule has 0 aromatic rings. The molecule has 0 radical (unpaired) electrons. The summed E-state index contributed by atoms with van der Waals surface area (Å²) in [7, 11) is 3.51. The average Bonchev–Trinajstić information content (AvgIpc) is 2.16. The van der Waals surface area contributed by atoms with E-state index in [1.807, 2.05) is 0 Å². The van der Waals surface area contributed by atoms with Crippen molar-refractivity contribution in [2.24, 2.45) is 5.41 Å². The molecule has 4 heteroatoms. The number of likely N-dealkylation sites (N-methyl/N-ethyl adjacent to an activating group) is 1. The van der Waals surface area contributed by atoms with Gasteiger partial charge in [0.15, 0.2) is 0 Å². The Hall–Kier alpha value is -0.610. The lowest BCUT2D eigenvalue weighted by molar-refractivity contribution is -0.121. The minimum absolute atomic E-state index is 0.0844. The molecule has 1 saturated carbocycles. The SMILES string of the molecule is CNCC(=O)NCC1(CCOC)CCC1. The van der Waals surface area contributed by atoms with Gasteiger partial charge in [0.05, 0.1) is 6.54 Å². The van der Waals surface area contributed by atoms with Crippen molar-refractivity contribution in [1.82, 2.24) is 10.6 Å². The van der Waals surface area contributed by atoms with Gasteiger partial charge in [0, 0.05) is 20.3 Å². The summed E-state index contributed by atoms with van der Waals surface area (Å²) in [5.41, 5.74) is 0.319. The number of hydrogen-bond acceptors (Lipinski definition) is 3. The van der Waals surface area contributed by atoms with E-state index < -0.39 is 0 Å². The molecule has 0 unspecified atom stereocenters. The van der Waals surface area contributed by atoms with Gasteiger partial charge in [-0.1, -0.05) is 6.42 Å². The minimum atomic E-state index is 0.0844. The summed E-state index contributed by atoms with van der Waals surface area (Å²) in [5, 5.41) is 5.82. The summed E-state index contributed by atoms with van der Waals surface area (Å²) < 4.78 is 5.10. The number of nitrogens with one attached hydrogen (secondary N) is 2. The van der Waals surface area contributed by atoms with Crippen LogP contribution in [-0.2, 0) is 9.53 Å². The topological polar surface area (TPSA) is 50.4 Å². The van der Waals surface area contributed by atoms with Crippen molar-refractivity contribution in [3.05, 3.63) is 0 Å². The van der Waals surface area contributed by atoms with Crippen LogP contribution in [0.25, 0.3) is 0 Å². The largest absolute Gasteiger partial charge is 0.385 e. The number of ether oxygens (including phenoxy) is 1. The van der Waals surface area contributed by atoms with Gasteiger partial charge in [-0.2, -0.15) is 0 Å². The van der Waals surface area contributed by atoms with Crippen LogP contribution in [-0.4, -0.2) is 39.8 Å². The summed E-state index contributed by atoms with van der Waals surface area (Å²) in [6.45, 7) is 2.00. The van der Waals surface area contributed by atoms with Crippen LogP contribution in [0.4, 0.5) is 0 Å². The Morgan fingerprint density at radius 2 is 2.20 bits per heavy atom. The summed E-state index contributed by atoms with van der Waals surface area (Å²) in [6, 6.07) is 0. The zero-order valence-corrected chi connectivity index (χ0v) is 9.77. The van der Waals surface area contributed by atoms with E-state index in [4.69, 9.17) is 4.74 Å². The second kappa shape index (κ2) is 6.08. The second-order valence-electron chi connectivity index (χ2n) is 4.40. The van der Waals surface area contributed by atoms with Crippen LogP contribution in [0.2, 0.25) is 0 Å². The first kappa shape index (κ1) is 12.5. The quantitative estimate of drug-likeness (QED) is 0.650. The van der Waals surface area contributed by atoms with E-state index in [-0.39, 0.29) is 5.91 Å². The van der Waals surface area contributed by atoms with Crippen molar-refractivity contribution < 1.29 is 9.53 Å². The maximum atomic E-state index is 11.3. The molecule has 0 aliphatic heterocycles. The van der Waals surface area contributed by atoms with E-state index >= 15 is 0 Å². The Balaban J connectivity index is 2.24. The Morgan fingerprint density at radius 3 is 2.67 bits per heavy atom. The molecule has 15 heavy (non-hydrogen) atoms. The number of amides is 1. The fourth-order valence-corrected chi connectivity index (χ4v) is 2.02. The molecule has 4 nitrogen and oxygen atoms in total. The van der Waals surface area contributed by atoms with Gasteiger partial charge >= 0.3 is 0 Å². The molecule has 1 aliphatic carbocycles. The zero-order valence-electron chi connectivity index (χ0n) is 9.77. The second-order valence-corrected chi connectivity index (χ2v) is 4.40. The normalized spacial score (nSPS) is 18.3. The third kappa shape index (κ3) is 3.80. The van der Waals surface area contributed by atoms with Gasteiger partial charge in [-0.05, 0) is 31.7 Å². The number of carbonyl (C=O) groups excluding carboxylic acids is 1. The van der Waals surface area contributed by atoms with Crippen LogP contribution in [0.5, 0.6) is 0 Å². The molecule has 88 valence electrons. The monoisotopic (exact) mass is 214 g/mol. The van der Waals surface area contributed by atoms with Crippen LogP contribution in [0.1, 0.15) is 25.7 Å². The van der Waals surface area contributed by atoms with E-state index in [2.05, 4.69) is 10.6 Å². The van der Waals surface area contributed by atoms with Crippen molar-refractivity contribution in [1.29, 1.82) is 0 Å². The van der Waals surface area contributed by atoms with Crippen molar-refractivity contribution in [2.75, 3.05) is 33.9 Å². The molecule has 1 rings (SSSR count). The standard InChI is InChI=1S/C11H22N2O2/c1-12-8-10(14)13-9-11(4-3-5-11)6-7-15-2/h12H,3-9H2,1-2H3,(H,13,14). The van der Waals surface area contributed by atoms with Crippen LogP contribution in [0, 0.1) is 5.41 Å². The number of methoxy groups -OCH3 is 1. The Bertz CT molecular complexity index is 203.